The molecule has 0 saturated carbocycles. The maximum Gasteiger partial charge on any atom is 0.258 e. The second-order valence-corrected chi connectivity index (χ2v) is 8.17. The molecule has 8 heteroatoms. The van der Waals surface area contributed by atoms with Crippen LogP contribution in [0.3, 0.4) is 0 Å². The molecule has 2 aromatic carbocycles. The molecule has 2 heterocycles. The van der Waals surface area contributed by atoms with Crippen molar-refractivity contribution in [3.05, 3.63) is 52.7 Å². The first-order chi connectivity index (χ1) is 14.9. The van der Waals surface area contributed by atoms with Crippen molar-refractivity contribution in [2.24, 2.45) is 5.92 Å². The van der Waals surface area contributed by atoms with E-state index in [0.29, 0.717) is 36.2 Å². The number of phenols is 1. The number of H-pyrrole nitrogens is 1. The molecular weight excluding hydrogens is 398 g/mol. The fourth-order valence-electron chi connectivity index (χ4n) is 3.84. The van der Waals surface area contributed by atoms with Gasteiger partial charge in [-0.15, -0.1) is 0 Å². The molecule has 31 heavy (non-hydrogen) atoms. The quantitative estimate of drug-likeness (QED) is 0.503. The van der Waals surface area contributed by atoms with Gasteiger partial charge in [0, 0.05) is 31.0 Å². The van der Waals surface area contributed by atoms with Gasteiger partial charge >= 0.3 is 0 Å². The number of nitrogens with one attached hydrogen (secondary N) is 1. The highest BCUT2D eigenvalue weighted by Gasteiger charge is 2.28. The number of fused-ring (bicyclic) bond motifs is 2. The lowest BCUT2D eigenvalue weighted by atomic mass is 10.0. The zero-order valence-corrected chi connectivity index (χ0v) is 17.5. The van der Waals surface area contributed by atoms with Gasteiger partial charge in [-0.3, -0.25) is 14.7 Å². The Morgan fingerprint density at radius 2 is 1.97 bits per heavy atom. The van der Waals surface area contributed by atoms with Crippen molar-refractivity contribution in [2.45, 2.75) is 33.4 Å². The third-order valence-electron chi connectivity index (χ3n) is 5.31. The van der Waals surface area contributed by atoms with Crippen molar-refractivity contribution < 1.29 is 24.5 Å². The summed E-state index contributed by atoms with van der Waals surface area (Å²) in [5.74, 6) is 0.239. The Morgan fingerprint density at radius 3 is 2.71 bits per heavy atom. The summed E-state index contributed by atoms with van der Waals surface area (Å²) in [6.07, 6.45) is 0.353. The highest BCUT2D eigenvalue weighted by Crippen LogP contribution is 2.32. The van der Waals surface area contributed by atoms with E-state index in [1.165, 1.54) is 6.07 Å². The number of aromatic amines is 1. The number of aromatic nitrogens is 2. The maximum absolute atomic E-state index is 13.2. The summed E-state index contributed by atoms with van der Waals surface area (Å²) < 4.78 is 5.45. The molecule has 1 amide bonds. The second kappa shape index (κ2) is 8.39. The number of Topliss-reactive ketones (excluding diaryl/α,β-unsaturated/α-hetero) is 1. The van der Waals surface area contributed by atoms with Gasteiger partial charge in [0.15, 0.2) is 5.78 Å². The first kappa shape index (κ1) is 20.9. The van der Waals surface area contributed by atoms with Crippen LogP contribution in [0.4, 0.5) is 0 Å². The summed E-state index contributed by atoms with van der Waals surface area (Å²) in [6, 6.07) is 8.55. The minimum absolute atomic E-state index is 0.0703. The Kier molecular flexibility index (Phi) is 5.65. The van der Waals surface area contributed by atoms with Crippen LogP contribution < -0.4 is 4.74 Å². The number of ether oxygens (including phenoxy) is 1. The highest BCUT2D eigenvalue weighted by molar-refractivity contribution is 6.09. The molecule has 1 aliphatic rings. The molecule has 0 saturated heterocycles. The maximum atomic E-state index is 13.2. The molecule has 4 rings (SSSR count). The number of aliphatic hydroxyl groups is 1. The fraction of sp³-hybridized carbons (Fsp3) is 0.348. The number of aromatic hydroxyl groups is 1. The second-order valence-electron chi connectivity index (χ2n) is 8.17. The zero-order chi connectivity index (χ0) is 22.1. The van der Waals surface area contributed by atoms with Crippen molar-refractivity contribution in [1.82, 2.24) is 15.1 Å². The number of nitrogens with zero attached hydrogens (tertiary/aromatic N) is 2. The summed E-state index contributed by atoms with van der Waals surface area (Å²) in [6.45, 7) is 4.84. The monoisotopic (exact) mass is 423 g/mol. The average molecular weight is 423 g/mol. The molecule has 0 atom stereocenters. The number of aliphatic hydroxyl groups excluding tert-OH is 1. The van der Waals surface area contributed by atoms with Crippen LogP contribution in [0.15, 0.2) is 30.3 Å². The average Bonchev–Trinajstić information content (AvgIpc) is 3.33. The topological polar surface area (TPSA) is 116 Å². The van der Waals surface area contributed by atoms with Gasteiger partial charge in [0.05, 0.1) is 17.7 Å². The van der Waals surface area contributed by atoms with Crippen molar-refractivity contribution in [1.29, 1.82) is 0 Å². The first-order valence-corrected chi connectivity index (χ1v) is 10.3. The van der Waals surface area contributed by atoms with Crippen LogP contribution in [0.1, 0.15) is 52.2 Å². The summed E-state index contributed by atoms with van der Waals surface area (Å²) in [5, 5.41) is 26.8. The number of phenolic OH excluding ortho intramolecular Hbond substituents is 1. The number of carbonyl (C=O) groups is 2. The number of amides is 1. The van der Waals surface area contributed by atoms with E-state index in [9.17, 15) is 14.7 Å². The number of carbonyl (C=O) groups excluding carboxylic acids is 2. The Bertz CT molecular complexity index is 1150. The third kappa shape index (κ3) is 4.11. The predicted octanol–water partition coefficient (Wildman–Crippen LogP) is 3.02. The van der Waals surface area contributed by atoms with Gasteiger partial charge in [-0.25, -0.2) is 0 Å². The molecule has 3 N–H and O–H groups in total. The fourth-order valence-corrected chi connectivity index (χ4v) is 3.84. The first-order valence-electron chi connectivity index (χ1n) is 10.3. The van der Waals surface area contributed by atoms with E-state index < -0.39 is 0 Å². The van der Waals surface area contributed by atoms with E-state index in [4.69, 9.17) is 9.84 Å². The van der Waals surface area contributed by atoms with Gasteiger partial charge in [-0.2, -0.15) is 5.10 Å². The van der Waals surface area contributed by atoms with Gasteiger partial charge in [-0.1, -0.05) is 19.9 Å². The normalized spacial score (nSPS) is 13.1. The lowest BCUT2D eigenvalue weighted by Crippen LogP contribution is -2.25. The Morgan fingerprint density at radius 1 is 1.19 bits per heavy atom. The molecular formula is C23H25N3O5. The summed E-state index contributed by atoms with van der Waals surface area (Å²) in [7, 11) is 0. The molecule has 0 spiro atoms. The van der Waals surface area contributed by atoms with Crippen molar-refractivity contribution in [2.75, 3.05) is 13.2 Å². The molecule has 0 radical (unpaired) electrons. The predicted molar refractivity (Wildman–Crippen MR) is 114 cm³/mol. The van der Waals surface area contributed by atoms with E-state index in [1.807, 2.05) is 32.0 Å². The molecule has 8 nitrogen and oxygen atoms in total. The highest BCUT2D eigenvalue weighted by atomic mass is 16.5. The van der Waals surface area contributed by atoms with Crippen molar-refractivity contribution >= 4 is 22.6 Å². The minimum Gasteiger partial charge on any atom is -0.507 e. The Labute approximate surface area is 179 Å². The molecule has 0 bridgehead atoms. The number of benzene rings is 2. The van der Waals surface area contributed by atoms with Crippen LogP contribution in [0.25, 0.3) is 10.9 Å². The number of hydrogen-bond acceptors (Lipinski definition) is 6. The Balaban J connectivity index is 1.60. The number of hydrogen-bond donors (Lipinski definition) is 3. The van der Waals surface area contributed by atoms with E-state index in [2.05, 4.69) is 10.2 Å². The molecule has 3 aromatic rings. The molecule has 1 aliphatic heterocycles. The molecule has 1 aromatic heterocycles. The zero-order valence-electron chi connectivity index (χ0n) is 17.5. The number of ketones is 1. The van der Waals surface area contributed by atoms with E-state index in [-0.39, 0.29) is 47.8 Å². The van der Waals surface area contributed by atoms with Crippen LogP contribution in [-0.2, 0) is 13.1 Å². The summed E-state index contributed by atoms with van der Waals surface area (Å²) in [4.78, 5) is 27.4. The van der Waals surface area contributed by atoms with Crippen molar-refractivity contribution in [3.8, 4) is 11.5 Å². The van der Waals surface area contributed by atoms with Gasteiger partial charge in [0.1, 0.15) is 23.8 Å². The van der Waals surface area contributed by atoms with Crippen LogP contribution in [-0.4, -0.2) is 50.2 Å². The van der Waals surface area contributed by atoms with Crippen LogP contribution in [0.5, 0.6) is 11.5 Å². The summed E-state index contributed by atoms with van der Waals surface area (Å²) >= 11 is 0. The van der Waals surface area contributed by atoms with Crippen molar-refractivity contribution in [3.63, 3.8) is 0 Å². The van der Waals surface area contributed by atoms with E-state index in [1.54, 1.807) is 11.0 Å². The van der Waals surface area contributed by atoms with Crippen LogP contribution >= 0.6 is 0 Å². The summed E-state index contributed by atoms with van der Waals surface area (Å²) in [5.41, 5.74) is 2.89. The van der Waals surface area contributed by atoms with E-state index >= 15 is 0 Å². The van der Waals surface area contributed by atoms with Gasteiger partial charge in [-0.05, 0) is 35.2 Å². The lowest BCUT2D eigenvalue weighted by molar-refractivity contribution is 0.0748. The molecule has 162 valence electrons. The van der Waals surface area contributed by atoms with Gasteiger partial charge in [0.25, 0.3) is 5.91 Å². The molecule has 0 unspecified atom stereocenters. The van der Waals surface area contributed by atoms with E-state index in [0.717, 1.165) is 11.1 Å². The van der Waals surface area contributed by atoms with Gasteiger partial charge in [0.2, 0.25) is 0 Å². The van der Waals surface area contributed by atoms with Crippen LogP contribution in [0.2, 0.25) is 0 Å². The molecule has 0 fully saturated rings. The third-order valence-corrected chi connectivity index (χ3v) is 5.31. The lowest BCUT2D eigenvalue weighted by Gasteiger charge is -2.16. The standard InChI is InChI=1S/C23H25N3O5/c1-13(2)7-21(29)22-17-9-18(20(28)10-19(17)24-25-22)23(30)26-11-14-3-4-16(31-6-5-27)8-15(14)12-26/h3-4,8-10,13,27-28H,5-7,11-12H2,1-2H3,(H,24,25). The largest absolute Gasteiger partial charge is 0.507 e. The Hall–Kier alpha value is -3.39. The smallest absolute Gasteiger partial charge is 0.258 e. The van der Waals surface area contributed by atoms with Crippen LogP contribution in [0, 0.1) is 5.92 Å². The number of rotatable bonds is 7. The minimum atomic E-state index is -0.322. The SMILES string of the molecule is CC(C)CC(=O)c1n[nH]c2cc(O)c(C(=O)N3Cc4ccc(OCCO)cc4C3)cc12. The molecule has 0 aliphatic carbocycles. The van der Waals surface area contributed by atoms with Gasteiger partial charge < -0.3 is 19.8 Å².